The molecule has 1 aliphatic rings. The highest BCUT2D eigenvalue weighted by atomic mass is 32.1. The van der Waals surface area contributed by atoms with Crippen LogP contribution in [-0.2, 0) is 11.2 Å². The van der Waals surface area contributed by atoms with Crippen LogP contribution < -0.4 is 0 Å². The maximum atomic E-state index is 5.44. The molecule has 2 atom stereocenters. The molecular formula is C11H19N3OS. The van der Waals surface area contributed by atoms with Crippen molar-refractivity contribution in [3.8, 4) is 0 Å². The fourth-order valence-corrected chi connectivity index (χ4v) is 2.62. The number of aromatic amines is 1. The van der Waals surface area contributed by atoms with Crippen molar-refractivity contribution in [3.05, 3.63) is 10.6 Å². The fraction of sp³-hybridized carbons (Fsp3) is 0.818. The van der Waals surface area contributed by atoms with Crippen molar-refractivity contribution in [2.75, 3.05) is 13.2 Å². The van der Waals surface area contributed by atoms with Gasteiger partial charge in [0.25, 0.3) is 0 Å². The van der Waals surface area contributed by atoms with Crippen molar-refractivity contribution < 1.29 is 4.74 Å². The van der Waals surface area contributed by atoms with E-state index in [1.54, 1.807) is 0 Å². The molecule has 2 heterocycles. The largest absolute Gasteiger partial charge is 0.381 e. The predicted octanol–water partition coefficient (Wildman–Crippen LogP) is 2.49. The van der Waals surface area contributed by atoms with Gasteiger partial charge in [-0.25, -0.2) is 0 Å². The van der Waals surface area contributed by atoms with Gasteiger partial charge in [0.05, 0.1) is 6.61 Å². The van der Waals surface area contributed by atoms with E-state index in [4.69, 9.17) is 17.0 Å². The van der Waals surface area contributed by atoms with Crippen LogP contribution in [0, 0.1) is 10.7 Å². The number of rotatable bonds is 4. The van der Waals surface area contributed by atoms with Crippen molar-refractivity contribution >= 4 is 12.2 Å². The summed E-state index contributed by atoms with van der Waals surface area (Å²) in [6.07, 6.45) is 3.19. The lowest BCUT2D eigenvalue weighted by molar-refractivity contribution is 0.174. The summed E-state index contributed by atoms with van der Waals surface area (Å²) in [5, 5.41) is 7.20. The Kier molecular flexibility index (Phi) is 3.76. The first-order valence-electron chi connectivity index (χ1n) is 5.97. The Hall–Kier alpha value is -0.680. The Balaban J connectivity index is 2.23. The van der Waals surface area contributed by atoms with Gasteiger partial charge in [0.15, 0.2) is 4.77 Å². The molecule has 1 aliphatic heterocycles. The quantitative estimate of drug-likeness (QED) is 0.824. The molecule has 1 aromatic heterocycles. The third-order valence-corrected chi connectivity index (χ3v) is 3.59. The molecule has 0 radical (unpaired) electrons. The number of nitrogens with one attached hydrogen (secondary N) is 1. The fourth-order valence-electron chi connectivity index (χ4n) is 2.30. The highest BCUT2D eigenvalue weighted by Crippen LogP contribution is 2.27. The topological polar surface area (TPSA) is 42.8 Å². The zero-order chi connectivity index (χ0) is 11.5. The van der Waals surface area contributed by atoms with E-state index in [1.807, 2.05) is 0 Å². The zero-order valence-electron chi connectivity index (χ0n) is 9.90. The molecule has 16 heavy (non-hydrogen) atoms. The Morgan fingerprint density at radius 1 is 1.69 bits per heavy atom. The van der Waals surface area contributed by atoms with Crippen LogP contribution in [0.1, 0.15) is 38.6 Å². The van der Waals surface area contributed by atoms with E-state index in [2.05, 4.69) is 28.6 Å². The van der Waals surface area contributed by atoms with Gasteiger partial charge in [0, 0.05) is 25.0 Å². The molecule has 0 bridgehead atoms. The van der Waals surface area contributed by atoms with Gasteiger partial charge in [-0.2, -0.15) is 5.10 Å². The summed E-state index contributed by atoms with van der Waals surface area (Å²) >= 11 is 5.30. The van der Waals surface area contributed by atoms with Crippen molar-refractivity contribution in [2.24, 2.45) is 5.92 Å². The van der Waals surface area contributed by atoms with Gasteiger partial charge in [-0.3, -0.25) is 5.10 Å². The third kappa shape index (κ3) is 2.20. The molecule has 5 heteroatoms. The van der Waals surface area contributed by atoms with Crippen LogP contribution in [0.5, 0.6) is 0 Å². The molecule has 0 saturated carbocycles. The molecule has 1 N–H and O–H groups in total. The molecule has 1 aromatic rings. The summed E-state index contributed by atoms with van der Waals surface area (Å²) in [5.74, 6) is 1.65. The summed E-state index contributed by atoms with van der Waals surface area (Å²) in [5.41, 5.74) is 0. The standard InChI is InChI=1S/C11H19N3OS/c1-3-4-10-12-13-11(16)14(10)8(2)9-5-6-15-7-9/h8-9H,3-7H2,1-2H3,(H,13,16). The Bertz CT molecular complexity index is 392. The number of hydrogen-bond acceptors (Lipinski definition) is 3. The zero-order valence-corrected chi connectivity index (χ0v) is 10.7. The third-order valence-electron chi connectivity index (χ3n) is 3.31. The molecule has 2 unspecified atom stereocenters. The minimum absolute atomic E-state index is 0.385. The SMILES string of the molecule is CCCc1n[nH]c(=S)n1C(C)C1CCOC1. The van der Waals surface area contributed by atoms with Crippen LogP contribution in [0.15, 0.2) is 0 Å². The van der Waals surface area contributed by atoms with Gasteiger partial charge in [-0.15, -0.1) is 0 Å². The first-order chi connectivity index (χ1) is 7.74. The van der Waals surface area contributed by atoms with Crippen LogP contribution >= 0.6 is 12.2 Å². The summed E-state index contributed by atoms with van der Waals surface area (Å²) < 4.78 is 8.34. The van der Waals surface area contributed by atoms with Crippen LogP contribution in [-0.4, -0.2) is 28.0 Å². The lowest BCUT2D eigenvalue weighted by atomic mass is 10.0. The molecule has 90 valence electrons. The molecule has 1 saturated heterocycles. The number of aromatic nitrogens is 3. The minimum Gasteiger partial charge on any atom is -0.381 e. The average molecular weight is 241 g/mol. The Morgan fingerprint density at radius 2 is 2.50 bits per heavy atom. The van der Waals surface area contributed by atoms with Crippen molar-refractivity contribution in [1.82, 2.24) is 14.8 Å². The average Bonchev–Trinajstić information content (AvgIpc) is 2.88. The summed E-state index contributed by atoms with van der Waals surface area (Å²) in [6, 6.07) is 0.385. The molecule has 0 aromatic carbocycles. The molecule has 2 rings (SSSR count). The molecular weight excluding hydrogens is 222 g/mol. The van der Waals surface area contributed by atoms with Crippen LogP contribution in [0.25, 0.3) is 0 Å². The van der Waals surface area contributed by atoms with Gasteiger partial charge in [-0.05, 0) is 32.0 Å². The van der Waals surface area contributed by atoms with E-state index in [-0.39, 0.29) is 0 Å². The molecule has 1 fully saturated rings. The smallest absolute Gasteiger partial charge is 0.195 e. The van der Waals surface area contributed by atoms with E-state index in [0.717, 1.165) is 43.1 Å². The monoisotopic (exact) mass is 241 g/mol. The number of H-pyrrole nitrogens is 1. The minimum atomic E-state index is 0.385. The van der Waals surface area contributed by atoms with Gasteiger partial charge >= 0.3 is 0 Å². The molecule has 0 aliphatic carbocycles. The molecule has 0 spiro atoms. The van der Waals surface area contributed by atoms with Gasteiger partial charge < -0.3 is 9.30 Å². The summed E-state index contributed by atoms with van der Waals surface area (Å²) in [6.45, 7) is 6.10. The number of hydrogen-bond donors (Lipinski definition) is 1. The van der Waals surface area contributed by atoms with E-state index in [1.165, 1.54) is 0 Å². The lowest BCUT2D eigenvalue weighted by Gasteiger charge is -2.20. The Labute approximate surface area is 101 Å². The second kappa shape index (κ2) is 5.10. The summed E-state index contributed by atoms with van der Waals surface area (Å²) in [4.78, 5) is 0. The second-order valence-electron chi connectivity index (χ2n) is 4.43. The van der Waals surface area contributed by atoms with Crippen molar-refractivity contribution in [1.29, 1.82) is 0 Å². The first kappa shape index (κ1) is 11.8. The first-order valence-corrected chi connectivity index (χ1v) is 6.38. The highest BCUT2D eigenvalue weighted by Gasteiger charge is 2.25. The maximum Gasteiger partial charge on any atom is 0.195 e. The van der Waals surface area contributed by atoms with E-state index >= 15 is 0 Å². The van der Waals surface area contributed by atoms with Crippen LogP contribution in [0.3, 0.4) is 0 Å². The molecule has 0 amide bonds. The van der Waals surface area contributed by atoms with Crippen molar-refractivity contribution in [3.63, 3.8) is 0 Å². The molecule has 4 nitrogen and oxygen atoms in total. The van der Waals surface area contributed by atoms with Gasteiger partial charge in [-0.1, -0.05) is 6.92 Å². The highest BCUT2D eigenvalue weighted by molar-refractivity contribution is 7.71. The Morgan fingerprint density at radius 3 is 3.12 bits per heavy atom. The van der Waals surface area contributed by atoms with E-state index in [9.17, 15) is 0 Å². The van der Waals surface area contributed by atoms with Crippen LogP contribution in [0.2, 0.25) is 0 Å². The van der Waals surface area contributed by atoms with E-state index in [0.29, 0.717) is 12.0 Å². The van der Waals surface area contributed by atoms with Crippen LogP contribution in [0.4, 0.5) is 0 Å². The number of ether oxygens (including phenoxy) is 1. The lowest BCUT2D eigenvalue weighted by Crippen LogP contribution is -2.19. The van der Waals surface area contributed by atoms with E-state index < -0.39 is 0 Å². The maximum absolute atomic E-state index is 5.44. The normalized spacial score (nSPS) is 22.5. The van der Waals surface area contributed by atoms with Gasteiger partial charge in [0.2, 0.25) is 0 Å². The summed E-state index contributed by atoms with van der Waals surface area (Å²) in [7, 11) is 0. The number of nitrogens with zero attached hydrogens (tertiary/aromatic N) is 2. The van der Waals surface area contributed by atoms with Crippen molar-refractivity contribution in [2.45, 2.75) is 39.2 Å². The van der Waals surface area contributed by atoms with Gasteiger partial charge in [0.1, 0.15) is 5.82 Å². The second-order valence-corrected chi connectivity index (χ2v) is 4.82. The predicted molar refractivity (Wildman–Crippen MR) is 65.0 cm³/mol. The number of aryl methyl sites for hydroxylation is 1.